The first-order valence-corrected chi connectivity index (χ1v) is 10.8. The minimum absolute atomic E-state index is 0.0386. The molecule has 0 aromatic heterocycles. The van der Waals surface area contributed by atoms with Crippen molar-refractivity contribution in [3.63, 3.8) is 0 Å². The van der Waals surface area contributed by atoms with E-state index in [0.29, 0.717) is 24.7 Å². The summed E-state index contributed by atoms with van der Waals surface area (Å²) in [6, 6.07) is 15.9. The first-order chi connectivity index (χ1) is 15.2. The van der Waals surface area contributed by atoms with E-state index in [9.17, 15) is 0 Å². The number of hydrogen-bond acceptors (Lipinski definition) is 5. The van der Waals surface area contributed by atoms with E-state index in [0.717, 1.165) is 31.0 Å². The van der Waals surface area contributed by atoms with Crippen LogP contribution in [-0.4, -0.2) is 51.1 Å². The van der Waals surface area contributed by atoms with Gasteiger partial charge in [-0.1, -0.05) is 36.4 Å². The Kier molecular flexibility index (Phi) is 11.3. The molecular weight excluding hydrogens is 394 g/mol. The molecule has 0 aliphatic carbocycles. The van der Waals surface area contributed by atoms with Gasteiger partial charge in [0.1, 0.15) is 6.61 Å². The van der Waals surface area contributed by atoms with Gasteiger partial charge in [0.2, 0.25) is 0 Å². The Balaban J connectivity index is 1.80. The molecule has 1 unspecified atom stereocenters. The Hall–Kier alpha value is -2.77. The van der Waals surface area contributed by atoms with Crippen molar-refractivity contribution >= 4 is 5.96 Å². The fourth-order valence-electron chi connectivity index (χ4n) is 2.96. The topological polar surface area (TPSA) is 84.3 Å². The van der Waals surface area contributed by atoms with Gasteiger partial charge in [-0.3, -0.25) is 0 Å². The molecule has 0 saturated carbocycles. The number of aliphatic hydroxyl groups is 1. The fraction of sp³-hybridized carbons (Fsp3) is 0.458. The zero-order valence-corrected chi connectivity index (χ0v) is 18.8. The van der Waals surface area contributed by atoms with Crippen molar-refractivity contribution in [3.8, 4) is 11.5 Å². The molecule has 2 aromatic rings. The summed E-state index contributed by atoms with van der Waals surface area (Å²) in [7, 11) is 1.60. The smallest absolute Gasteiger partial charge is 0.191 e. The lowest BCUT2D eigenvalue weighted by Gasteiger charge is -2.15. The molecule has 0 spiro atoms. The van der Waals surface area contributed by atoms with Crippen LogP contribution in [0.2, 0.25) is 0 Å². The highest BCUT2D eigenvalue weighted by molar-refractivity contribution is 5.79. The maximum atomic E-state index is 8.92. The molecule has 0 amide bonds. The number of benzene rings is 2. The Morgan fingerprint density at radius 3 is 2.58 bits per heavy atom. The molecule has 0 heterocycles. The summed E-state index contributed by atoms with van der Waals surface area (Å²) < 4.78 is 16.8. The van der Waals surface area contributed by atoms with Gasteiger partial charge >= 0.3 is 0 Å². The fourth-order valence-corrected chi connectivity index (χ4v) is 2.96. The monoisotopic (exact) mass is 429 g/mol. The number of nitrogens with one attached hydrogen (secondary N) is 2. The molecule has 3 N–H and O–H groups in total. The van der Waals surface area contributed by atoms with E-state index in [1.165, 1.54) is 5.56 Å². The van der Waals surface area contributed by atoms with E-state index in [1.807, 2.05) is 43.3 Å². The van der Waals surface area contributed by atoms with Crippen LogP contribution in [0.15, 0.2) is 53.5 Å². The Labute approximate surface area is 185 Å². The predicted octanol–water partition coefficient (Wildman–Crippen LogP) is 3.29. The van der Waals surface area contributed by atoms with Gasteiger partial charge in [-0.2, -0.15) is 0 Å². The third-order valence-electron chi connectivity index (χ3n) is 4.59. The average molecular weight is 430 g/mol. The SMILES string of the molecule is CCNC(=NCc1ccc(OCCO)c(OC)c1)NCCCOC(C)c1ccccc1. The Morgan fingerprint density at radius 2 is 1.87 bits per heavy atom. The third-order valence-corrected chi connectivity index (χ3v) is 4.59. The van der Waals surface area contributed by atoms with Crippen molar-refractivity contribution < 1.29 is 19.3 Å². The van der Waals surface area contributed by atoms with Gasteiger partial charge in [-0.15, -0.1) is 0 Å². The summed E-state index contributed by atoms with van der Waals surface area (Å²) in [4.78, 5) is 4.65. The molecule has 1 atom stereocenters. The zero-order chi connectivity index (χ0) is 22.3. The second kappa shape index (κ2) is 14.3. The lowest BCUT2D eigenvalue weighted by Crippen LogP contribution is -2.38. The quantitative estimate of drug-likeness (QED) is 0.257. The lowest BCUT2D eigenvalue weighted by molar-refractivity contribution is 0.0646. The van der Waals surface area contributed by atoms with E-state index in [4.69, 9.17) is 19.3 Å². The van der Waals surface area contributed by atoms with E-state index < -0.39 is 0 Å². The summed E-state index contributed by atoms with van der Waals surface area (Å²) in [6.07, 6.45) is 0.967. The van der Waals surface area contributed by atoms with Crippen LogP contribution in [0.5, 0.6) is 11.5 Å². The highest BCUT2D eigenvalue weighted by Gasteiger charge is 2.07. The average Bonchev–Trinajstić information content (AvgIpc) is 2.81. The molecule has 0 bridgehead atoms. The van der Waals surface area contributed by atoms with Crippen LogP contribution in [0.3, 0.4) is 0 Å². The van der Waals surface area contributed by atoms with Gasteiger partial charge in [-0.05, 0) is 43.5 Å². The largest absolute Gasteiger partial charge is 0.493 e. The molecule has 2 aromatic carbocycles. The van der Waals surface area contributed by atoms with Crippen LogP contribution in [-0.2, 0) is 11.3 Å². The highest BCUT2D eigenvalue weighted by Crippen LogP contribution is 2.28. The van der Waals surface area contributed by atoms with Crippen LogP contribution in [0.1, 0.15) is 37.5 Å². The van der Waals surface area contributed by atoms with Crippen molar-refractivity contribution in [1.82, 2.24) is 10.6 Å². The first-order valence-electron chi connectivity index (χ1n) is 10.8. The van der Waals surface area contributed by atoms with Gasteiger partial charge in [-0.25, -0.2) is 4.99 Å². The summed E-state index contributed by atoms with van der Waals surface area (Å²) in [5.41, 5.74) is 2.19. The predicted molar refractivity (Wildman–Crippen MR) is 124 cm³/mol. The standard InChI is InChI=1S/C24H35N3O4/c1-4-25-24(26-13-8-15-30-19(2)21-9-6-5-7-10-21)27-18-20-11-12-22(31-16-14-28)23(17-20)29-3/h5-7,9-12,17,19,28H,4,8,13-16,18H2,1-3H3,(H2,25,26,27). The molecule has 0 aliphatic rings. The maximum absolute atomic E-state index is 8.92. The van der Waals surface area contributed by atoms with E-state index >= 15 is 0 Å². The minimum atomic E-state index is -0.0386. The molecule has 2 rings (SSSR count). The molecule has 170 valence electrons. The number of rotatable bonds is 13. The van der Waals surface area contributed by atoms with E-state index in [2.05, 4.69) is 34.7 Å². The summed E-state index contributed by atoms with van der Waals surface area (Å²) in [5, 5.41) is 15.5. The normalized spacial score (nSPS) is 12.3. The Morgan fingerprint density at radius 1 is 1.06 bits per heavy atom. The van der Waals surface area contributed by atoms with Crippen LogP contribution in [0.25, 0.3) is 0 Å². The minimum Gasteiger partial charge on any atom is -0.493 e. The molecule has 7 heteroatoms. The van der Waals surface area contributed by atoms with Gasteiger partial charge < -0.3 is 30.0 Å². The first kappa shape index (κ1) is 24.5. The van der Waals surface area contributed by atoms with Crippen molar-refractivity contribution in [2.24, 2.45) is 4.99 Å². The maximum Gasteiger partial charge on any atom is 0.191 e. The number of hydrogen-bond donors (Lipinski definition) is 3. The summed E-state index contributed by atoms with van der Waals surface area (Å²) in [6.45, 7) is 7.04. The van der Waals surface area contributed by atoms with Gasteiger partial charge in [0.25, 0.3) is 0 Å². The van der Waals surface area contributed by atoms with Crippen molar-refractivity contribution in [2.45, 2.75) is 32.9 Å². The molecule has 0 aliphatic heterocycles. The van der Waals surface area contributed by atoms with Crippen molar-refractivity contribution in [1.29, 1.82) is 0 Å². The van der Waals surface area contributed by atoms with Crippen molar-refractivity contribution in [2.75, 3.05) is 40.0 Å². The number of ether oxygens (including phenoxy) is 3. The lowest BCUT2D eigenvalue weighted by atomic mass is 10.1. The molecule has 31 heavy (non-hydrogen) atoms. The summed E-state index contributed by atoms with van der Waals surface area (Å²) in [5.74, 6) is 2.00. The molecule has 0 radical (unpaired) electrons. The van der Waals surface area contributed by atoms with Crippen LogP contribution in [0.4, 0.5) is 0 Å². The number of aliphatic hydroxyl groups excluding tert-OH is 1. The Bertz CT molecular complexity index is 784. The molecule has 0 fully saturated rings. The van der Waals surface area contributed by atoms with Crippen LogP contribution >= 0.6 is 0 Å². The number of guanidine groups is 1. The number of aliphatic imine (C=N–C) groups is 1. The summed E-state index contributed by atoms with van der Waals surface area (Å²) >= 11 is 0. The van der Waals surface area contributed by atoms with Crippen molar-refractivity contribution in [3.05, 3.63) is 59.7 Å². The molecule has 7 nitrogen and oxygen atoms in total. The second-order valence-electron chi connectivity index (χ2n) is 6.96. The highest BCUT2D eigenvalue weighted by atomic mass is 16.5. The zero-order valence-electron chi connectivity index (χ0n) is 18.8. The van der Waals surface area contributed by atoms with Crippen LogP contribution < -0.4 is 20.1 Å². The number of nitrogens with zero attached hydrogens (tertiary/aromatic N) is 1. The molecule has 0 saturated heterocycles. The third kappa shape index (κ3) is 8.86. The number of methoxy groups -OCH3 is 1. The van der Waals surface area contributed by atoms with Gasteiger partial charge in [0.05, 0.1) is 26.4 Å². The molecular formula is C24H35N3O4. The van der Waals surface area contributed by atoms with E-state index in [1.54, 1.807) is 7.11 Å². The van der Waals surface area contributed by atoms with Gasteiger partial charge in [0, 0.05) is 19.7 Å². The van der Waals surface area contributed by atoms with Crippen LogP contribution in [0, 0.1) is 0 Å². The van der Waals surface area contributed by atoms with E-state index in [-0.39, 0.29) is 19.3 Å². The van der Waals surface area contributed by atoms with Gasteiger partial charge in [0.15, 0.2) is 17.5 Å². The second-order valence-corrected chi connectivity index (χ2v) is 6.96.